The van der Waals surface area contributed by atoms with E-state index >= 15 is 0 Å². The van der Waals surface area contributed by atoms with Crippen LogP contribution in [0.25, 0.3) is 0 Å². The summed E-state index contributed by atoms with van der Waals surface area (Å²) in [5, 5.41) is 6.48. The van der Waals surface area contributed by atoms with Crippen molar-refractivity contribution in [2.45, 2.75) is 13.3 Å². The van der Waals surface area contributed by atoms with Gasteiger partial charge in [0.15, 0.2) is 0 Å². The smallest absolute Gasteiger partial charge is 0.224 e. The molecule has 0 radical (unpaired) electrons. The quantitative estimate of drug-likeness (QED) is 0.745. The summed E-state index contributed by atoms with van der Waals surface area (Å²) in [5.74, 6) is 1.41. The van der Waals surface area contributed by atoms with Crippen LogP contribution in [0.5, 0.6) is 0 Å². The van der Waals surface area contributed by atoms with Gasteiger partial charge in [-0.25, -0.2) is 4.98 Å². The van der Waals surface area contributed by atoms with E-state index < -0.39 is 0 Å². The first kappa shape index (κ1) is 15.7. The summed E-state index contributed by atoms with van der Waals surface area (Å²) in [4.78, 5) is 8.84. The lowest BCUT2D eigenvalue weighted by atomic mass is 10.3. The maximum absolute atomic E-state index is 5.02. The van der Waals surface area contributed by atoms with Crippen LogP contribution in [0.1, 0.15) is 12.1 Å². The molecular weight excluding hydrogens is 332 g/mol. The number of benzene rings is 1. The van der Waals surface area contributed by atoms with Crippen molar-refractivity contribution in [2.24, 2.45) is 0 Å². The van der Waals surface area contributed by atoms with Gasteiger partial charge in [-0.15, -0.1) is 0 Å². The number of methoxy groups -OCH3 is 1. The molecule has 2 N–H and O–H groups in total. The van der Waals surface area contributed by atoms with Crippen LogP contribution in [-0.2, 0) is 4.74 Å². The van der Waals surface area contributed by atoms with E-state index in [1.165, 1.54) is 0 Å². The molecule has 0 saturated heterocycles. The largest absolute Gasteiger partial charge is 0.385 e. The minimum atomic E-state index is 0.630. The summed E-state index contributed by atoms with van der Waals surface area (Å²) in [6.07, 6.45) is 0.920. The Bertz CT molecular complexity index is 574. The second-order valence-corrected chi connectivity index (χ2v) is 5.54. The molecular formula is C15H19BrN4O. The molecule has 2 rings (SSSR count). The molecule has 1 aromatic carbocycles. The van der Waals surface area contributed by atoms with Crippen LogP contribution >= 0.6 is 15.9 Å². The minimum Gasteiger partial charge on any atom is -0.385 e. The first-order valence-electron chi connectivity index (χ1n) is 6.78. The number of nitrogens with zero attached hydrogens (tertiary/aromatic N) is 2. The van der Waals surface area contributed by atoms with E-state index in [0.717, 1.165) is 41.2 Å². The van der Waals surface area contributed by atoms with Gasteiger partial charge in [0.05, 0.1) is 0 Å². The fraction of sp³-hybridized carbons (Fsp3) is 0.333. The highest BCUT2D eigenvalue weighted by Gasteiger charge is 2.02. The van der Waals surface area contributed by atoms with Crippen molar-refractivity contribution in [1.82, 2.24) is 9.97 Å². The topological polar surface area (TPSA) is 59.1 Å². The van der Waals surface area contributed by atoms with E-state index in [1.807, 2.05) is 37.3 Å². The molecule has 0 aliphatic rings. The van der Waals surface area contributed by atoms with Gasteiger partial charge in [-0.1, -0.05) is 15.9 Å². The van der Waals surface area contributed by atoms with E-state index in [-0.39, 0.29) is 0 Å². The number of hydrogen-bond acceptors (Lipinski definition) is 5. The van der Waals surface area contributed by atoms with Gasteiger partial charge in [-0.05, 0) is 37.6 Å². The molecule has 1 heterocycles. The van der Waals surface area contributed by atoms with Crippen molar-refractivity contribution in [3.05, 3.63) is 40.5 Å². The average molecular weight is 351 g/mol. The van der Waals surface area contributed by atoms with Crippen LogP contribution in [0, 0.1) is 6.92 Å². The summed E-state index contributed by atoms with van der Waals surface area (Å²) in [6.45, 7) is 3.46. The Balaban J connectivity index is 2.02. The molecule has 0 spiro atoms. The molecule has 2 aromatic rings. The molecule has 6 heteroatoms. The van der Waals surface area contributed by atoms with E-state index in [0.29, 0.717) is 5.95 Å². The number of anilines is 3. The molecule has 0 amide bonds. The molecule has 0 aliphatic heterocycles. The molecule has 0 unspecified atom stereocenters. The highest BCUT2D eigenvalue weighted by molar-refractivity contribution is 9.10. The molecule has 0 bridgehead atoms. The number of nitrogens with one attached hydrogen (secondary N) is 2. The second kappa shape index (κ2) is 7.95. The van der Waals surface area contributed by atoms with Crippen molar-refractivity contribution < 1.29 is 4.74 Å². The molecule has 0 aliphatic carbocycles. The van der Waals surface area contributed by atoms with Crippen molar-refractivity contribution >= 4 is 33.4 Å². The zero-order valence-electron chi connectivity index (χ0n) is 12.2. The van der Waals surface area contributed by atoms with Crippen molar-refractivity contribution in [3.8, 4) is 0 Å². The fourth-order valence-corrected chi connectivity index (χ4v) is 2.07. The van der Waals surface area contributed by atoms with E-state index in [4.69, 9.17) is 4.74 Å². The van der Waals surface area contributed by atoms with Gasteiger partial charge in [-0.3, -0.25) is 0 Å². The Morgan fingerprint density at radius 2 is 1.95 bits per heavy atom. The number of aryl methyl sites for hydroxylation is 1. The third kappa shape index (κ3) is 5.32. The van der Waals surface area contributed by atoms with Gasteiger partial charge in [0.2, 0.25) is 5.95 Å². The standard InChI is InChI=1S/C15H19BrN4O/c1-11-10-14(19-13-6-4-12(16)5-7-13)20-15(18-11)17-8-3-9-21-2/h4-7,10H,3,8-9H2,1-2H3,(H2,17,18,19,20). The third-order valence-electron chi connectivity index (χ3n) is 2.78. The molecule has 0 saturated carbocycles. The normalized spacial score (nSPS) is 10.4. The number of halogens is 1. The summed E-state index contributed by atoms with van der Waals surface area (Å²) < 4.78 is 6.07. The van der Waals surface area contributed by atoms with Gasteiger partial charge < -0.3 is 15.4 Å². The zero-order chi connectivity index (χ0) is 15.1. The average Bonchev–Trinajstić information content (AvgIpc) is 2.46. The monoisotopic (exact) mass is 350 g/mol. The molecule has 5 nitrogen and oxygen atoms in total. The lowest BCUT2D eigenvalue weighted by Crippen LogP contribution is -2.09. The Labute approximate surface area is 133 Å². The summed E-state index contributed by atoms with van der Waals surface area (Å²) in [5.41, 5.74) is 1.90. The Kier molecular flexibility index (Phi) is 5.95. The lowest BCUT2D eigenvalue weighted by Gasteiger charge is -2.10. The Morgan fingerprint density at radius 1 is 1.19 bits per heavy atom. The van der Waals surface area contributed by atoms with Crippen LogP contribution in [0.15, 0.2) is 34.8 Å². The Hall–Kier alpha value is -1.66. The van der Waals surface area contributed by atoms with Gasteiger partial charge in [0, 0.05) is 42.2 Å². The highest BCUT2D eigenvalue weighted by atomic mass is 79.9. The first-order valence-corrected chi connectivity index (χ1v) is 7.58. The van der Waals surface area contributed by atoms with Gasteiger partial charge in [0.1, 0.15) is 5.82 Å². The maximum atomic E-state index is 5.02. The van der Waals surface area contributed by atoms with E-state index in [1.54, 1.807) is 7.11 Å². The van der Waals surface area contributed by atoms with E-state index in [9.17, 15) is 0 Å². The van der Waals surface area contributed by atoms with Gasteiger partial charge >= 0.3 is 0 Å². The summed E-state index contributed by atoms with van der Waals surface area (Å²) in [7, 11) is 1.70. The van der Waals surface area contributed by atoms with Crippen LogP contribution in [0.3, 0.4) is 0 Å². The van der Waals surface area contributed by atoms with Gasteiger partial charge in [0.25, 0.3) is 0 Å². The molecule has 112 valence electrons. The number of aromatic nitrogens is 2. The maximum Gasteiger partial charge on any atom is 0.224 e. The van der Waals surface area contributed by atoms with Crippen molar-refractivity contribution in [2.75, 3.05) is 30.9 Å². The zero-order valence-corrected chi connectivity index (χ0v) is 13.8. The second-order valence-electron chi connectivity index (χ2n) is 4.62. The Morgan fingerprint density at radius 3 is 2.67 bits per heavy atom. The van der Waals surface area contributed by atoms with Crippen molar-refractivity contribution in [3.63, 3.8) is 0 Å². The first-order chi connectivity index (χ1) is 10.2. The van der Waals surface area contributed by atoms with E-state index in [2.05, 4.69) is 36.5 Å². The SMILES string of the molecule is COCCCNc1nc(C)cc(Nc2ccc(Br)cc2)n1. The van der Waals surface area contributed by atoms with Gasteiger partial charge in [-0.2, -0.15) is 4.98 Å². The number of hydrogen-bond donors (Lipinski definition) is 2. The summed E-state index contributed by atoms with van der Waals surface area (Å²) in [6, 6.07) is 9.88. The van der Waals surface area contributed by atoms with Crippen LogP contribution < -0.4 is 10.6 Å². The van der Waals surface area contributed by atoms with Crippen LogP contribution in [0.4, 0.5) is 17.5 Å². The van der Waals surface area contributed by atoms with Crippen LogP contribution in [0.2, 0.25) is 0 Å². The predicted molar refractivity (Wildman–Crippen MR) is 89.2 cm³/mol. The fourth-order valence-electron chi connectivity index (χ4n) is 1.81. The number of rotatable bonds is 7. The molecule has 0 fully saturated rings. The molecule has 21 heavy (non-hydrogen) atoms. The molecule has 1 aromatic heterocycles. The van der Waals surface area contributed by atoms with Crippen molar-refractivity contribution in [1.29, 1.82) is 0 Å². The van der Waals surface area contributed by atoms with Crippen LogP contribution in [-0.4, -0.2) is 30.2 Å². The lowest BCUT2D eigenvalue weighted by molar-refractivity contribution is 0.197. The predicted octanol–water partition coefficient (Wildman–Crippen LogP) is 3.74. The molecule has 0 atom stereocenters. The third-order valence-corrected chi connectivity index (χ3v) is 3.31. The minimum absolute atomic E-state index is 0.630. The number of ether oxygens (including phenoxy) is 1. The summed E-state index contributed by atoms with van der Waals surface area (Å²) >= 11 is 3.42. The highest BCUT2D eigenvalue weighted by Crippen LogP contribution is 2.19.